The van der Waals surface area contributed by atoms with E-state index in [9.17, 15) is 9.18 Å². The minimum atomic E-state index is -0.440. The Morgan fingerprint density at radius 2 is 1.88 bits per heavy atom. The van der Waals surface area contributed by atoms with Gasteiger partial charge in [-0.15, -0.1) is 0 Å². The van der Waals surface area contributed by atoms with Crippen LogP contribution in [0.15, 0.2) is 66.7 Å². The normalized spacial score (nSPS) is 13.6. The van der Waals surface area contributed by atoms with E-state index in [0.29, 0.717) is 45.8 Å². The standard InChI is InChI=1S/C28H18ClFN2O2/c29-23-5-3-6-24(30)22(23)14-19-12-13-21-26(20-4-1-2-7-25(20)32-27(19)21)28(33)34-16-18-10-8-17(15-31)9-11-18/h1-11,14H,12-13,16H2. The molecule has 0 atom stereocenters. The number of nitrogens with zero attached hydrogens (tertiary/aromatic N) is 2. The number of benzene rings is 3. The first-order chi connectivity index (χ1) is 16.5. The maximum atomic E-state index is 14.4. The van der Waals surface area contributed by atoms with Gasteiger partial charge in [-0.05, 0) is 65.9 Å². The molecule has 0 aliphatic heterocycles. The fourth-order valence-electron chi connectivity index (χ4n) is 4.23. The van der Waals surface area contributed by atoms with Crippen molar-refractivity contribution in [3.05, 3.63) is 111 Å². The Labute approximate surface area is 200 Å². The quantitative estimate of drug-likeness (QED) is 0.311. The molecule has 6 heteroatoms. The van der Waals surface area contributed by atoms with Gasteiger partial charge >= 0.3 is 5.97 Å². The van der Waals surface area contributed by atoms with Gasteiger partial charge in [0, 0.05) is 10.9 Å². The van der Waals surface area contributed by atoms with Crippen molar-refractivity contribution < 1.29 is 13.9 Å². The molecule has 3 aromatic carbocycles. The highest BCUT2D eigenvalue weighted by Crippen LogP contribution is 2.38. The number of halogens is 2. The molecule has 0 saturated carbocycles. The van der Waals surface area contributed by atoms with Gasteiger partial charge in [-0.25, -0.2) is 14.2 Å². The molecule has 1 heterocycles. The van der Waals surface area contributed by atoms with Crippen LogP contribution in [0.1, 0.15) is 44.7 Å². The van der Waals surface area contributed by atoms with E-state index in [-0.39, 0.29) is 6.61 Å². The number of esters is 1. The van der Waals surface area contributed by atoms with Gasteiger partial charge in [0.05, 0.1) is 33.4 Å². The molecular formula is C28H18ClFN2O2. The average Bonchev–Trinajstić information content (AvgIpc) is 3.25. The minimum Gasteiger partial charge on any atom is -0.457 e. The lowest BCUT2D eigenvalue weighted by molar-refractivity contribution is 0.0474. The van der Waals surface area contributed by atoms with Crippen molar-refractivity contribution in [3.63, 3.8) is 0 Å². The van der Waals surface area contributed by atoms with E-state index in [1.807, 2.05) is 24.3 Å². The summed E-state index contributed by atoms with van der Waals surface area (Å²) in [4.78, 5) is 18.1. The molecular weight excluding hydrogens is 451 g/mol. The zero-order chi connectivity index (χ0) is 23.7. The number of allylic oxidation sites excluding steroid dienone is 1. The lowest BCUT2D eigenvalue weighted by Crippen LogP contribution is -2.10. The monoisotopic (exact) mass is 468 g/mol. The summed E-state index contributed by atoms with van der Waals surface area (Å²) in [6.07, 6.45) is 2.92. The second-order valence-corrected chi connectivity index (χ2v) is 8.43. The molecule has 5 rings (SSSR count). The number of carbonyl (C=O) groups is 1. The second kappa shape index (κ2) is 9.09. The third-order valence-corrected chi connectivity index (χ3v) is 6.25. The summed E-state index contributed by atoms with van der Waals surface area (Å²) < 4.78 is 20.1. The zero-order valence-corrected chi connectivity index (χ0v) is 18.8. The van der Waals surface area contributed by atoms with E-state index >= 15 is 0 Å². The predicted molar refractivity (Wildman–Crippen MR) is 130 cm³/mol. The molecule has 0 saturated heterocycles. The molecule has 0 unspecified atom stereocenters. The third kappa shape index (κ3) is 4.05. The van der Waals surface area contributed by atoms with E-state index in [4.69, 9.17) is 26.6 Å². The molecule has 4 nitrogen and oxygen atoms in total. The second-order valence-electron chi connectivity index (χ2n) is 8.02. The van der Waals surface area contributed by atoms with Crippen molar-refractivity contribution in [1.82, 2.24) is 4.98 Å². The highest BCUT2D eigenvalue weighted by Gasteiger charge is 2.28. The number of rotatable bonds is 4. The fourth-order valence-corrected chi connectivity index (χ4v) is 4.45. The van der Waals surface area contributed by atoms with Crippen LogP contribution >= 0.6 is 11.6 Å². The predicted octanol–water partition coefficient (Wildman–Crippen LogP) is 6.74. The number of carbonyl (C=O) groups excluding carboxylic acids is 1. The van der Waals surface area contributed by atoms with Crippen LogP contribution in [0.4, 0.5) is 4.39 Å². The average molecular weight is 469 g/mol. The summed E-state index contributed by atoms with van der Waals surface area (Å²) in [6, 6.07) is 21.0. The maximum absolute atomic E-state index is 14.4. The van der Waals surface area contributed by atoms with E-state index in [2.05, 4.69) is 6.07 Å². The first kappa shape index (κ1) is 21.8. The van der Waals surface area contributed by atoms with Gasteiger partial charge in [0.1, 0.15) is 12.4 Å². The van der Waals surface area contributed by atoms with Gasteiger partial charge in [0.15, 0.2) is 0 Å². The van der Waals surface area contributed by atoms with Crippen LogP contribution in [0.3, 0.4) is 0 Å². The van der Waals surface area contributed by atoms with Gasteiger partial charge < -0.3 is 4.74 Å². The summed E-state index contributed by atoms with van der Waals surface area (Å²) >= 11 is 6.23. The Morgan fingerprint density at radius 3 is 2.65 bits per heavy atom. The van der Waals surface area contributed by atoms with Crippen molar-refractivity contribution in [2.24, 2.45) is 0 Å². The number of hydrogen-bond donors (Lipinski definition) is 0. The van der Waals surface area contributed by atoms with Crippen LogP contribution in [0.2, 0.25) is 5.02 Å². The number of fused-ring (bicyclic) bond motifs is 2. The molecule has 0 radical (unpaired) electrons. The van der Waals surface area contributed by atoms with Gasteiger partial charge in [0.2, 0.25) is 0 Å². The van der Waals surface area contributed by atoms with Crippen molar-refractivity contribution in [3.8, 4) is 6.07 Å². The van der Waals surface area contributed by atoms with Crippen LogP contribution < -0.4 is 0 Å². The Hall–Kier alpha value is -4.01. The number of aromatic nitrogens is 1. The van der Waals surface area contributed by atoms with Crippen LogP contribution in [-0.4, -0.2) is 11.0 Å². The largest absolute Gasteiger partial charge is 0.457 e. The lowest BCUT2D eigenvalue weighted by Gasteiger charge is -2.12. The summed E-state index contributed by atoms with van der Waals surface area (Å²) in [5.74, 6) is -0.847. The van der Waals surface area contributed by atoms with Gasteiger partial charge in [-0.1, -0.05) is 48.0 Å². The highest BCUT2D eigenvalue weighted by atomic mass is 35.5. The molecule has 1 aliphatic carbocycles. The van der Waals surface area contributed by atoms with E-state index in [1.54, 1.807) is 42.5 Å². The van der Waals surface area contributed by atoms with Crippen molar-refractivity contribution >= 4 is 40.1 Å². The Bertz CT molecular complexity index is 1480. The van der Waals surface area contributed by atoms with Gasteiger partial charge in [-0.2, -0.15) is 5.26 Å². The molecule has 0 bridgehead atoms. The topological polar surface area (TPSA) is 63.0 Å². The van der Waals surface area contributed by atoms with Crippen LogP contribution in [0.5, 0.6) is 0 Å². The SMILES string of the molecule is N#Cc1ccc(COC(=O)c2c3c(nc4ccccc24)C(=Cc2c(F)cccc2Cl)CC3)cc1. The summed E-state index contributed by atoms with van der Waals surface area (Å²) in [5.41, 5.74) is 5.09. The molecule has 166 valence electrons. The zero-order valence-electron chi connectivity index (χ0n) is 18.0. The molecule has 0 fully saturated rings. The van der Waals surface area contributed by atoms with Gasteiger partial charge in [0.25, 0.3) is 0 Å². The number of para-hydroxylation sites is 1. The lowest BCUT2D eigenvalue weighted by atomic mass is 10.0. The fraction of sp³-hybridized carbons (Fsp3) is 0.107. The van der Waals surface area contributed by atoms with Gasteiger partial charge in [-0.3, -0.25) is 0 Å². The van der Waals surface area contributed by atoms with Crippen LogP contribution in [-0.2, 0) is 17.8 Å². The molecule has 4 aromatic rings. The minimum absolute atomic E-state index is 0.0868. The maximum Gasteiger partial charge on any atom is 0.339 e. The summed E-state index contributed by atoms with van der Waals surface area (Å²) in [6.45, 7) is 0.0868. The highest BCUT2D eigenvalue weighted by molar-refractivity contribution is 6.32. The third-order valence-electron chi connectivity index (χ3n) is 5.92. The summed E-state index contributed by atoms with van der Waals surface area (Å²) in [5, 5.41) is 10.00. The molecule has 0 amide bonds. The van der Waals surface area contributed by atoms with Crippen LogP contribution in [0, 0.1) is 17.1 Å². The van der Waals surface area contributed by atoms with Crippen LogP contribution in [0.25, 0.3) is 22.6 Å². The van der Waals surface area contributed by atoms with Crippen molar-refractivity contribution in [2.45, 2.75) is 19.4 Å². The number of ether oxygens (including phenoxy) is 1. The smallest absolute Gasteiger partial charge is 0.339 e. The molecule has 0 spiro atoms. The van der Waals surface area contributed by atoms with Crippen molar-refractivity contribution in [2.75, 3.05) is 0 Å². The Balaban J connectivity index is 1.54. The molecule has 1 aromatic heterocycles. The number of pyridine rings is 1. The first-order valence-electron chi connectivity index (χ1n) is 10.8. The molecule has 34 heavy (non-hydrogen) atoms. The number of hydrogen-bond acceptors (Lipinski definition) is 4. The summed E-state index contributed by atoms with van der Waals surface area (Å²) in [7, 11) is 0. The van der Waals surface area contributed by atoms with Crippen molar-refractivity contribution in [1.29, 1.82) is 5.26 Å². The Kier molecular flexibility index (Phi) is 5.83. The van der Waals surface area contributed by atoms with E-state index in [0.717, 1.165) is 22.1 Å². The first-order valence-corrected chi connectivity index (χ1v) is 11.2. The molecule has 1 aliphatic rings. The Morgan fingerprint density at radius 1 is 1.09 bits per heavy atom. The number of nitriles is 1. The molecule has 0 N–H and O–H groups in total. The van der Waals surface area contributed by atoms with E-state index in [1.165, 1.54) is 6.07 Å². The van der Waals surface area contributed by atoms with E-state index < -0.39 is 11.8 Å².